The highest BCUT2D eigenvalue weighted by molar-refractivity contribution is 6.07. The number of ether oxygens (including phenoxy) is 3. The lowest BCUT2D eigenvalue weighted by atomic mass is 10.1. The van der Waals surface area contributed by atoms with Gasteiger partial charge in [0, 0.05) is 12.3 Å². The molecule has 0 saturated heterocycles. The lowest BCUT2D eigenvalue weighted by molar-refractivity contribution is 0.102. The summed E-state index contributed by atoms with van der Waals surface area (Å²) in [5.74, 6) is 1.43. The Morgan fingerprint density at radius 1 is 0.941 bits per heavy atom. The van der Waals surface area contributed by atoms with Gasteiger partial charge in [-0.3, -0.25) is 14.6 Å². The van der Waals surface area contributed by atoms with Crippen LogP contribution in [0, 0.1) is 6.92 Å². The molecule has 0 fully saturated rings. The number of amides is 1. The highest BCUT2D eigenvalue weighted by Crippen LogP contribution is 2.29. The summed E-state index contributed by atoms with van der Waals surface area (Å²) in [5, 5.41) is 3.21. The maximum absolute atomic E-state index is 13.2. The number of methoxy groups -OCH3 is 3. The molecule has 0 bridgehead atoms. The number of carbonyl (C=O) groups excluding carboxylic acids is 1. The number of nitrogens with zero attached hydrogens (tertiary/aromatic N) is 2. The van der Waals surface area contributed by atoms with Crippen LogP contribution in [0.5, 0.6) is 17.2 Å². The summed E-state index contributed by atoms with van der Waals surface area (Å²) in [4.78, 5) is 30.8. The number of benzene rings is 2. The Labute approximate surface area is 196 Å². The molecule has 0 atom stereocenters. The number of fused-ring (bicyclic) bond motifs is 1. The van der Waals surface area contributed by atoms with Crippen LogP contribution in [-0.2, 0) is 6.54 Å². The van der Waals surface area contributed by atoms with Gasteiger partial charge in [-0.2, -0.15) is 0 Å². The molecule has 0 aliphatic carbocycles. The van der Waals surface area contributed by atoms with Crippen LogP contribution >= 0.6 is 0 Å². The van der Waals surface area contributed by atoms with E-state index in [4.69, 9.17) is 14.2 Å². The Kier molecular flexibility index (Phi) is 6.49. The minimum absolute atomic E-state index is 0.225. The summed E-state index contributed by atoms with van der Waals surface area (Å²) in [6.07, 6.45) is 1.71. The van der Waals surface area contributed by atoms with Crippen LogP contribution < -0.4 is 25.1 Å². The van der Waals surface area contributed by atoms with Gasteiger partial charge in [0.05, 0.1) is 55.7 Å². The molecule has 8 heteroatoms. The predicted octanol–water partition coefficient (Wildman–Crippen LogP) is 4.03. The summed E-state index contributed by atoms with van der Waals surface area (Å²) >= 11 is 0. The van der Waals surface area contributed by atoms with Crippen LogP contribution in [0.4, 0.5) is 5.69 Å². The summed E-state index contributed by atoms with van der Waals surface area (Å²) in [6.45, 7) is 2.12. The lowest BCUT2D eigenvalue weighted by Crippen LogP contribution is -2.22. The van der Waals surface area contributed by atoms with Gasteiger partial charge in [-0.15, -0.1) is 0 Å². The Morgan fingerprint density at radius 2 is 1.65 bits per heavy atom. The molecule has 1 amide bonds. The monoisotopic (exact) mass is 459 g/mol. The molecule has 2 heterocycles. The van der Waals surface area contributed by atoms with Crippen molar-refractivity contribution in [2.24, 2.45) is 0 Å². The second-order valence-electron chi connectivity index (χ2n) is 7.67. The zero-order valence-electron chi connectivity index (χ0n) is 19.4. The summed E-state index contributed by atoms with van der Waals surface area (Å²) < 4.78 is 17.3. The summed E-state index contributed by atoms with van der Waals surface area (Å²) in [6, 6.07) is 16.0. The van der Waals surface area contributed by atoms with Crippen molar-refractivity contribution in [1.82, 2.24) is 9.55 Å². The third kappa shape index (κ3) is 4.56. The number of hydrogen-bond donors (Lipinski definition) is 1. The maximum atomic E-state index is 13.2. The average molecular weight is 460 g/mol. The van der Waals surface area contributed by atoms with Crippen molar-refractivity contribution in [2.45, 2.75) is 13.5 Å². The fraction of sp³-hybridized carbons (Fsp3) is 0.192. The second kappa shape index (κ2) is 9.66. The first-order chi connectivity index (χ1) is 16.4. The Balaban J connectivity index is 1.67. The normalized spacial score (nSPS) is 10.7. The van der Waals surface area contributed by atoms with Gasteiger partial charge in [-0.1, -0.05) is 12.1 Å². The molecule has 0 spiro atoms. The van der Waals surface area contributed by atoms with E-state index in [1.807, 2.05) is 24.3 Å². The van der Waals surface area contributed by atoms with Gasteiger partial charge in [0.1, 0.15) is 17.2 Å². The van der Waals surface area contributed by atoms with E-state index in [2.05, 4.69) is 10.3 Å². The van der Waals surface area contributed by atoms with E-state index < -0.39 is 0 Å². The molecular formula is C26H25N3O5. The molecule has 2 aromatic heterocycles. The fourth-order valence-electron chi connectivity index (χ4n) is 3.68. The quantitative estimate of drug-likeness (QED) is 0.449. The van der Waals surface area contributed by atoms with Crippen LogP contribution in [0.3, 0.4) is 0 Å². The highest BCUT2D eigenvalue weighted by Gasteiger charge is 2.16. The van der Waals surface area contributed by atoms with E-state index in [9.17, 15) is 9.59 Å². The molecule has 4 aromatic rings. The van der Waals surface area contributed by atoms with Gasteiger partial charge in [-0.05, 0) is 48.9 Å². The molecular weight excluding hydrogens is 434 g/mol. The predicted molar refractivity (Wildman–Crippen MR) is 130 cm³/mol. The Bertz CT molecular complexity index is 1410. The molecule has 174 valence electrons. The van der Waals surface area contributed by atoms with Crippen molar-refractivity contribution in [2.75, 3.05) is 26.6 Å². The van der Waals surface area contributed by atoms with E-state index >= 15 is 0 Å². The van der Waals surface area contributed by atoms with Crippen molar-refractivity contribution in [3.05, 3.63) is 88.0 Å². The van der Waals surface area contributed by atoms with Crippen molar-refractivity contribution < 1.29 is 19.0 Å². The highest BCUT2D eigenvalue weighted by atomic mass is 16.5. The number of carbonyl (C=O) groups is 1. The van der Waals surface area contributed by atoms with E-state index in [0.29, 0.717) is 45.9 Å². The first kappa shape index (κ1) is 22.8. The third-order valence-electron chi connectivity index (χ3n) is 5.56. The van der Waals surface area contributed by atoms with Crippen LogP contribution in [0.15, 0.2) is 65.6 Å². The second-order valence-corrected chi connectivity index (χ2v) is 7.67. The van der Waals surface area contributed by atoms with Gasteiger partial charge in [0.25, 0.3) is 11.5 Å². The van der Waals surface area contributed by atoms with Gasteiger partial charge < -0.3 is 24.1 Å². The first-order valence-corrected chi connectivity index (χ1v) is 10.6. The SMILES string of the molecule is COc1ccc(Cn2ccc3nc(C)c(C(=O)Nc4ccc(OC)cc4OC)cc3c2=O)cc1. The largest absolute Gasteiger partial charge is 0.497 e. The van der Waals surface area contributed by atoms with Crippen molar-refractivity contribution in [3.63, 3.8) is 0 Å². The lowest BCUT2D eigenvalue weighted by Gasteiger charge is -2.13. The van der Waals surface area contributed by atoms with Crippen molar-refractivity contribution >= 4 is 22.5 Å². The van der Waals surface area contributed by atoms with Crippen LogP contribution in [-0.4, -0.2) is 36.8 Å². The fourth-order valence-corrected chi connectivity index (χ4v) is 3.68. The molecule has 34 heavy (non-hydrogen) atoms. The van der Waals surface area contributed by atoms with Crippen molar-refractivity contribution in [1.29, 1.82) is 0 Å². The molecule has 0 saturated carbocycles. The maximum Gasteiger partial charge on any atom is 0.260 e. The zero-order chi connectivity index (χ0) is 24.2. The van der Waals surface area contributed by atoms with Crippen LogP contribution in [0.25, 0.3) is 10.9 Å². The molecule has 0 aliphatic rings. The smallest absolute Gasteiger partial charge is 0.260 e. The number of aromatic nitrogens is 2. The average Bonchev–Trinajstić information content (AvgIpc) is 2.86. The Morgan fingerprint density at radius 3 is 2.32 bits per heavy atom. The van der Waals surface area contributed by atoms with E-state index in [1.165, 1.54) is 7.11 Å². The van der Waals surface area contributed by atoms with Crippen LogP contribution in [0.2, 0.25) is 0 Å². The topological polar surface area (TPSA) is 91.7 Å². The number of pyridine rings is 2. The van der Waals surface area contributed by atoms with E-state index in [0.717, 1.165) is 11.3 Å². The standard InChI is InChI=1S/C26H25N3O5/c1-16-20(25(30)28-23-10-9-19(33-3)13-24(23)34-4)14-21-22(27-16)11-12-29(26(21)31)15-17-5-7-18(32-2)8-6-17/h5-14H,15H2,1-4H3,(H,28,30). The number of hydrogen-bond acceptors (Lipinski definition) is 6. The van der Waals surface area contributed by atoms with E-state index in [1.54, 1.807) is 62.2 Å². The van der Waals surface area contributed by atoms with Gasteiger partial charge in [-0.25, -0.2) is 0 Å². The van der Waals surface area contributed by atoms with Gasteiger partial charge in [0.2, 0.25) is 0 Å². The minimum Gasteiger partial charge on any atom is -0.497 e. The molecule has 0 radical (unpaired) electrons. The molecule has 1 N–H and O–H groups in total. The van der Waals surface area contributed by atoms with Crippen LogP contribution in [0.1, 0.15) is 21.6 Å². The van der Waals surface area contributed by atoms with Gasteiger partial charge in [0.15, 0.2) is 0 Å². The number of aryl methyl sites for hydroxylation is 1. The van der Waals surface area contributed by atoms with Gasteiger partial charge >= 0.3 is 0 Å². The molecule has 4 rings (SSSR count). The molecule has 0 unspecified atom stereocenters. The molecule has 0 aliphatic heterocycles. The van der Waals surface area contributed by atoms with Crippen molar-refractivity contribution in [3.8, 4) is 17.2 Å². The number of rotatable bonds is 7. The Hall–Kier alpha value is -4.33. The summed E-state index contributed by atoms with van der Waals surface area (Å²) in [5.41, 5.74) is 2.57. The third-order valence-corrected chi connectivity index (χ3v) is 5.56. The minimum atomic E-state index is -0.389. The zero-order valence-corrected chi connectivity index (χ0v) is 19.4. The number of nitrogens with one attached hydrogen (secondary N) is 1. The summed E-state index contributed by atoms with van der Waals surface area (Å²) in [7, 11) is 4.67. The molecule has 2 aromatic carbocycles. The first-order valence-electron chi connectivity index (χ1n) is 10.6. The molecule has 8 nitrogen and oxygen atoms in total. The van der Waals surface area contributed by atoms with E-state index in [-0.39, 0.29) is 11.5 Å². The number of anilines is 1.